The molecule has 0 aliphatic heterocycles. The molecule has 0 saturated carbocycles. The number of aliphatic carboxylic acids is 1. The fraction of sp³-hybridized carbons (Fsp3) is 0.400. The quantitative estimate of drug-likeness (QED) is 0.657. The monoisotopic (exact) mass is 251 g/mol. The maximum absolute atomic E-state index is 11.6. The second kappa shape index (κ2) is 6.24. The van der Waals surface area contributed by atoms with Gasteiger partial charge >= 0.3 is 12.0 Å². The average Bonchev–Trinajstić information content (AvgIpc) is 2.71. The maximum atomic E-state index is 11.6. The third kappa shape index (κ3) is 4.13. The number of nitrogens with one attached hydrogen (secondary N) is 1. The zero-order chi connectivity index (χ0) is 13.5. The summed E-state index contributed by atoms with van der Waals surface area (Å²) < 4.78 is 1.50. The van der Waals surface area contributed by atoms with Crippen LogP contribution < -0.4 is 5.32 Å². The van der Waals surface area contributed by atoms with Gasteiger partial charge in [0.15, 0.2) is 5.82 Å². The smallest absolute Gasteiger partial charge is 0.323 e. The van der Waals surface area contributed by atoms with Crippen LogP contribution in [0.15, 0.2) is 6.33 Å². The number of aryl methyl sites for hydroxylation is 1. The third-order valence-corrected chi connectivity index (χ3v) is 1.94. The number of carboxylic acid groups (broad SMARTS) is 1. The molecule has 18 heavy (non-hydrogen) atoms. The lowest BCUT2D eigenvalue weighted by Gasteiger charge is -2.17. The molecule has 0 spiro atoms. The molecule has 0 atom stereocenters. The Morgan fingerprint density at radius 2 is 2.39 bits per heavy atom. The average molecular weight is 251 g/mol. The lowest BCUT2D eigenvalue weighted by Crippen LogP contribution is -2.42. The Morgan fingerprint density at radius 3 is 2.89 bits per heavy atom. The molecule has 1 aromatic rings. The molecule has 0 aliphatic rings. The van der Waals surface area contributed by atoms with E-state index in [0.717, 1.165) is 4.90 Å². The van der Waals surface area contributed by atoms with Gasteiger partial charge in [-0.05, 0) is 0 Å². The van der Waals surface area contributed by atoms with Crippen LogP contribution in [0, 0.1) is 12.3 Å². The Hall–Kier alpha value is -2.56. The number of urea groups is 1. The van der Waals surface area contributed by atoms with Crippen LogP contribution in [0.5, 0.6) is 0 Å². The molecule has 0 saturated heterocycles. The third-order valence-electron chi connectivity index (χ3n) is 1.94. The van der Waals surface area contributed by atoms with E-state index in [1.807, 2.05) is 0 Å². The number of terminal acetylenes is 1. The SMILES string of the molecule is C#CCN(CC(=O)O)C(=O)NCc1ncn(C)n1. The highest BCUT2D eigenvalue weighted by molar-refractivity contribution is 5.80. The summed E-state index contributed by atoms with van der Waals surface area (Å²) in [5.41, 5.74) is 0. The zero-order valence-corrected chi connectivity index (χ0v) is 9.83. The van der Waals surface area contributed by atoms with Crippen molar-refractivity contribution in [2.45, 2.75) is 6.54 Å². The highest BCUT2D eigenvalue weighted by Crippen LogP contribution is 1.92. The normalized spacial score (nSPS) is 9.56. The van der Waals surface area contributed by atoms with E-state index in [2.05, 4.69) is 21.3 Å². The summed E-state index contributed by atoms with van der Waals surface area (Å²) >= 11 is 0. The van der Waals surface area contributed by atoms with Crippen molar-refractivity contribution >= 4 is 12.0 Å². The first kappa shape index (κ1) is 13.5. The van der Waals surface area contributed by atoms with E-state index in [9.17, 15) is 9.59 Å². The van der Waals surface area contributed by atoms with Crippen molar-refractivity contribution in [2.24, 2.45) is 7.05 Å². The number of hydrogen-bond acceptors (Lipinski definition) is 4. The molecule has 2 N–H and O–H groups in total. The van der Waals surface area contributed by atoms with E-state index in [1.54, 1.807) is 7.05 Å². The minimum atomic E-state index is -1.13. The van der Waals surface area contributed by atoms with Crippen molar-refractivity contribution < 1.29 is 14.7 Å². The molecule has 8 nitrogen and oxygen atoms in total. The number of carbonyl (C=O) groups is 2. The minimum Gasteiger partial charge on any atom is -0.480 e. The van der Waals surface area contributed by atoms with Gasteiger partial charge in [-0.2, -0.15) is 5.10 Å². The molecule has 1 aromatic heterocycles. The van der Waals surface area contributed by atoms with Crippen LogP contribution in [-0.4, -0.2) is 49.9 Å². The Kier molecular flexibility index (Phi) is 4.68. The molecule has 0 fully saturated rings. The van der Waals surface area contributed by atoms with Gasteiger partial charge < -0.3 is 15.3 Å². The number of carbonyl (C=O) groups excluding carboxylic acids is 1. The van der Waals surface area contributed by atoms with Gasteiger partial charge in [-0.15, -0.1) is 6.42 Å². The molecule has 0 radical (unpaired) electrons. The molecule has 2 amide bonds. The van der Waals surface area contributed by atoms with Crippen LogP contribution in [0.4, 0.5) is 4.79 Å². The van der Waals surface area contributed by atoms with Crippen LogP contribution in [0.2, 0.25) is 0 Å². The Balaban J connectivity index is 2.51. The molecular formula is C10H13N5O3. The fourth-order valence-corrected chi connectivity index (χ4v) is 1.20. The number of rotatable bonds is 5. The van der Waals surface area contributed by atoms with Crippen molar-refractivity contribution in [3.05, 3.63) is 12.2 Å². The molecule has 1 heterocycles. The van der Waals surface area contributed by atoms with Gasteiger partial charge in [-0.3, -0.25) is 9.48 Å². The summed E-state index contributed by atoms with van der Waals surface area (Å²) in [6.07, 6.45) is 6.56. The van der Waals surface area contributed by atoms with Crippen LogP contribution in [0.3, 0.4) is 0 Å². The van der Waals surface area contributed by atoms with Gasteiger partial charge in [0.2, 0.25) is 0 Å². The van der Waals surface area contributed by atoms with Crippen LogP contribution in [0.25, 0.3) is 0 Å². The molecule has 96 valence electrons. The number of amides is 2. The Morgan fingerprint density at radius 1 is 1.67 bits per heavy atom. The van der Waals surface area contributed by atoms with Gasteiger partial charge in [0.05, 0.1) is 13.1 Å². The Bertz CT molecular complexity index is 476. The van der Waals surface area contributed by atoms with Gasteiger partial charge in [0.25, 0.3) is 0 Å². The van der Waals surface area contributed by atoms with Crippen LogP contribution in [-0.2, 0) is 18.4 Å². The van der Waals surface area contributed by atoms with Gasteiger partial charge in [-0.1, -0.05) is 5.92 Å². The first-order valence-electron chi connectivity index (χ1n) is 5.05. The van der Waals surface area contributed by atoms with Crippen molar-refractivity contribution in [1.29, 1.82) is 0 Å². The predicted molar refractivity (Wildman–Crippen MR) is 61.3 cm³/mol. The number of hydrogen-bond donors (Lipinski definition) is 2. The van der Waals surface area contributed by atoms with Gasteiger partial charge in [-0.25, -0.2) is 9.78 Å². The van der Waals surface area contributed by atoms with E-state index < -0.39 is 18.5 Å². The van der Waals surface area contributed by atoms with E-state index in [1.165, 1.54) is 11.0 Å². The summed E-state index contributed by atoms with van der Waals surface area (Å²) in [6, 6.07) is -0.567. The highest BCUT2D eigenvalue weighted by atomic mass is 16.4. The molecular weight excluding hydrogens is 238 g/mol. The maximum Gasteiger partial charge on any atom is 0.323 e. The Labute approximate surface area is 104 Å². The van der Waals surface area contributed by atoms with Crippen molar-refractivity contribution in [1.82, 2.24) is 25.0 Å². The summed E-state index contributed by atoms with van der Waals surface area (Å²) in [4.78, 5) is 27.1. The van der Waals surface area contributed by atoms with Crippen molar-refractivity contribution in [2.75, 3.05) is 13.1 Å². The molecule has 0 unspecified atom stereocenters. The standard InChI is InChI=1S/C10H13N5O3/c1-3-4-15(6-9(16)17)10(18)11-5-8-12-7-14(2)13-8/h1,7H,4-6H2,2H3,(H,11,18)(H,16,17). The van der Waals surface area contributed by atoms with E-state index in [0.29, 0.717) is 5.82 Å². The van der Waals surface area contributed by atoms with E-state index in [-0.39, 0.29) is 13.1 Å². The zero-order valence-electron chi connectivity index (χ0n) is 9.83. The molecule has 1 rings (SSSR count). The lowest BCUT2D eigenvalue weighted by atomic mass is 10.5. The number of aromatic nitrogens is 3. The largest absolute Gasteiger partial charge is 0.480 e. The first-order chi connectivity index (χ1) is 8.52. The van der Waals surface area contributed by atoms with Gasteiger partial charge in [0, 0.05) is 7.05 Å². The van der Waals surface area contributed by atoms with E-state index >= 15 is 0 Å². The summed E-state index contributed by atoms with van der Waals surface area (Å²) in [6.45, 7) is -0.417. The van der Waals surface area contributed by atoms with Gasteiger partial charge in [0.1, 0.15) is 12.9 Å². The number of carboxylic acids is 1. The molecule has 8 heteroatoms. The summed E-state index contributed by atoms with van der Waals surface area (Å²) in [5.74, 6) is 1.53. The molecule has 0 bridgehead atoms. The second-order valence-corrected chi connectivity index (χ2v) is 3.45. The first-order valence-corrected chi connectivity index (χ1v) is 5.05. The van der Waals surface area contributed by atoms with Crippen LogP contribution >= 0.6 is 0 Å². The topological polar surface area (TPSA) is 100 Å². The minimum absolute atomic E-state index is 0.0756. The summed E-state index contributed by atoms with van der Waals surface area (Å²) in [7, 11) is 1.70. The summed E-state index contributed by atoms with van der Waals surface area (Å²) in [5, 5.41) is 15.1. The van der Waals surface area contributed by atoms with Crippen LogP contribution in [0.1, 0.15) is 5.82 Å². The number of nitrogens with zero attached hydrogens (tertiary/aromatic N) is 4. The second-order valence-electron chi connectivity index (χ2n) is 3.45. The lowest BCUT2D eigenvalue weighted by molar-refractivity contribution is -0.137. The fourth-order valence-electron chi connectivity index (χ4n) is 1.20. The van der Waals surface area contributed by atoms with E-state index in [4.69, 9.17) is 11.5 Å². The van der Waals surface area contributed by atoms with Crippen molar-refractivity contribution in [3.63, 3.8) is 0 Å². The molecule has 0 aliphatic carbocycles. The predicted octanol–water partition coefficient (Wildman–Crippen LogP) is -0.955. The van der Waals surface area contributed by atoms with Crippen molar-refractivity contribution in [3.8, 4) is 12.3 Å². The molecule has 0 aromatic carbocycles. The highest BCUT2D eigenvalue weighted by Gasteiger charge is 2.15.